The lowest BCUT2D eigenvalue weighted by molar-refractivity contribution is 0.190. The normalized spacial score (nSPS) is 26.5. The number of benzene rings is 1. The van der Waals surface area contributed by atoms with Gasteiger partial charge in [0, 0.05) is 31.7 Å². The minimum absolute atomic E-state index is 0.601. The summed E-state index contributed by atoms with van der Waals surface area (Å²) in [4.78, 5) is 2.51. The van der Waals surface area contributed by atoms with Crippen LogP contribution >= 0.6 is 0 Å². The van der Waals surface area contributed by atoms with Crippen molar-refractivity contribution in [3.63, 3.8) is 0 Å². The molecule has 1 N–H and O–H groups in total. The van der Waals surface area contributed by atoms with Gasteiger partial charge in [-0.2, -0.15) is 0 Å². The van der Waals surface area contributed by atoms with Crippen LogP contribution in [0.4, 0.5) is 0 Å². The van der Waals surface area contributed by atoms with E-state index in [1.54, 1.807) is 0 Å². The first-order valence-corrected chi connectivity index (χ1v) is 6.44. The summed E-state index contributed by atoms with van der Waals surface area (Å²) < 4.78 is 0. The Bertz CT molecular complexity index is 348. The Morgan fingerprint density at radius 3 is 2.47 bits per heavy atom. The molecule has 1 aliphatic heterocycles. The Morgan fingerprint density at radius 2 is 1.82 bits per heavy atom. The van der Waals surface area contributed by atoms with Gasteiger partial charge in [-0.05, 0) is 19.4 Å². The zero-order valence-corrected chi connectivity index (χ0v) is 10.8. The predicted molar refractivity (Wildman–Crippen MR) is 74.0 cm³/mol. The summed E-state index contributed by atoms with van der Waals surface area (Å²) in [5.74, 6) is 0. The second kappa shape index (κ2) is 5.99. The minimum Gasteiger partial charge on any atom is -0.309 e. The number of hydrogen-bond acceptors (Lipinski definition) is 2. The van der Waals surface area contributed by atoms with Gasteiger partial charge >= 0.3 is 0 Å². The highest BCUT2D eigenvalue weighted by molar-refractivity contribution is 5.48. The molecule has 1 heterocycles. The molecule has 0 spiro atoms. The second-order valence-corrected chi connectivity index (χ2v) is 5.00. The third-order valence-electron chi connectivity index (χ3n) is 3.11. The summed E-state index contributed by atoms with van der Waals surface area (Å²) in [7, 11) is 0. The van der Waals surface area contributed by atoms with Crippen LogP contribution < -0.4 is 5.32 Å². The van der Waals surface area contributed by atoms with E-state index in [2.05, 4.69) is 66.5 Å². The molecule has 0 amide bonds. The van der Waals surface area contributed by atoms with Crippen molar-refractivity contribution < 1.29 is 0 Å². The van der Waals surface area contributed by atoms with Gasteiger partial charge in [0.25, 0.3) is 0 Å². The standard InChI is InChI=1S/C15H22N2/c1-13-11-17(12-14(2)16-13)10-6-9-15-7-4-3-5-8-15/h3-9,13-14,16H,10-12H2,1-2H3/b9-6+. The molecule has 2 nitrogen and oxygen atoms in total. The van der Waals surface area contributed by atoms with Crippen molar-refractivity contribution in [3.05, 3.63) is 42.0 Å². The van der Waals surface area contributed by atoms with Gasteiger partial charge in [-0.25, -0.2) is 0 Å². The lowest BCUT2D eigenvalue weighted by Crippen LogP contribution is -2.54. The molecule has 0 aromatic heterocycles. The van der Waals surface area contributed by atoms with E-state index in [9.17, 15) is 0 Å². The van der Waals surface area contributed by atoms with Gasteiger partial charge in [0.15, 0.2) is 0 Å². The number of rotatable bonds is 3. The highest BCUT2D eigenvalue weighted by Gasteiger charge is 2.19. The molecular formula is C15H22N2. The van der Waals surface area contributed by atoms with Crippen molar-refractivity contribution in [2.24, 2.45) is 0 Å². The van der Waals surface area contributed by atoms with Crippen LogP contribution in [0.25, 0.3) is 6.08 Å². The van der Waals surface area contributed by atoms with E-state index < -0.39 is 0 Å². The molecule has 1 aromatic carbocycles. The van der Waals surface area contributed by atoms with Crippen LogP contribution in [0.5, 0.6) is 0 Å². The van der Waals surface area contributed by atoms with Gasteiger partial charge in [0.05, 0.1) is 0 Å². The number of hydrogen-bond donors (Lipinski definition) is 1. The van der Waals surface area contributed by atoms with Crippen molar-refractivity contribution in [2.75, 3.05) is 19.6 Å². The first kappa shape index (κ1) is 12.3. The largest absolute Gasteiger partial charge is 0.309 e. The molecule has 1 fully saturated rings. The van der Waals surface area contributed by atoms with E-state index in [0.29, 0.717) is 12.1 Å². The molecular weight excluding hydrogens is 208 g/mol. The van der Waals surface area contributed by atoms with E-state index in [0.717, 1.165) is 19.6 Å². The molecule has 17 heavy (non-hydrogen) atoms. The summed E-state index contributed by atoms with van der Waals surface area (Å²) in [5, 5.41) is 3.55. The monoisotopic (exact) mass is 230 g/mol. The topological polar surface area (TPSA) is 15.3 Å². The molecule has 0 saturated carbocycles. The highest BCUT2D eigenvalue weighted by Crippen LogP contribution is 2.05. The third kappa shape index (κ3) is 3.99. The van der Waals surface area contributed by atoms with Crippen LogP contribution in [0.2, 0.25) is 0 Å². The molecule has 1 aromatic rings. The van der Waals surface area contributed by atoms with Crippen LogP contribution in [0.15, 0.2) is 36.4 Å². The molecule has 2 atom stereocenters. The third-order valence-corrected chi connectivity index (χ3v) is 3.11. The molecule has 1 aliphatic rings. The first-order chi connectivity index (χ1) is 8.24. The SMILES string of the molecule is CC1CN(C/C=C/c2ccccc2)CC(C)N1. The maximum atomic E-state index is 3.55. The fourth-order valence-electron chi connectivity index (χ4n) is 2.49. The molecule has 92 valence electrons. The van der Waals surface area contributed by atoms with Crippen molar-refractivity contribution in [3.8, 4) is 0 Å². The lowest BCUT2D eigenvalue weighted by Gasteiger charge is -2.35. The lowest BCUT2D eigenvalue weighted by atomic mass is 10.1. The summed E-state index contributed by atoms with van der Waals surface area (Å²) in [6.45, 7) is 7.84. The van der Waals surface area contributed by atoms with Crippen molar-refractivity contribution >= 4 is 6.08 Å². The fourth-order valence-corrected chi connectivity index (χ4v) is 2.49. The maximum absolute atomic E-state index is 3.55. The molecule has 1 saturated heterocycles. The zero-order valence-electron chi connectivity index (χ0n) is 10.8. The summed E-state index contributed by atoms with van der Waals surface area (Å²) in [6.07, 6.45) is 4.47. The van der Waals surface area contributed by atoms with Crippen LogP contribution in [-0.2, 0) is 0 Å². The van der Waals surface area contributed by atoms with Crippen LogP contribution in [-0.4, -0.2) is 36.6 Å². The minimum atomic E-state index is 0.601. The van der Waals surface area contributed by atoms with Gasteiger partial charge in [-0.15, -0.1) is 0 Å². The quantitative estimate of drug-likeness (QED) is 0.857. The summed E-state index contributed by atoms with van der Waals surface area (Å²) in [5.41, 5.74) is 1.28. The van der Waals surface area contributed by atoms with E-state index >= 15 is 0 Å². The fraction of sp³-hybridized carbons (Fsp3) is 0.467. The van der Waals surface area contributed by atoms with Gasteiger partial charge in [-0.1, -0.05) is 42.5 Å². The van der Waals surface area contributed by atoms with Gasteiger partial charge in [0.1, 0.15) is 0 Å². The first-order valence-electron chi connectivity index (χ1n) is 6.44. The number of nitrogens with one attached hydrogen (secondary N) is 1. The Kier molecular flexibility index (Phi) is 4.35. The Labute approximate surface area is 104 Å². The van der Waals surface area contributed by atoms with Crippen molar-refractivity contribution in [2.45, 2.75) is 25.9 Å². The Hall–Kier alpha value is -1.12. The van der Waals surface area contributed by atoms with Crippen LogP contribution in [0, 0.1) is 0 Å². The molecule has 0 aliphatic carbocycles. The zero-order chi connectivity index (χ0) is 12.1. The second-order valence-electron chi connectivity index (χ2n) is 5.00. The van der Waals surface area contributed by atoms with E-state index in [-0.39, 0.29) is 0 Å². The molecule has 0 bridgehead atoms. The maximum Gasteiger partial charge on any atom is 0.0169 e. The molecule has 2 heteroatoms. The van der Waals surface area contributed by atoms with E-state index in [1.165, 1.54) is 5.56 Å². The van der Waals surface area contributed by atoms with Gasteiger partial charge in [-0.3, -0.25) is 4.90 Å². The van der Waals surface area contributed by atoms with Crippen molar-refractivity contribution in [1.29, 1.82) is 0 Å². The molecule has 0 radical (unpaired) electrons. The molecule has 2 unspecified atom stereocenters. The van der Waals surface area contributed by atoms with Gasteiger partial charge < -0.3 is 5.32 Å². The summed E-state index contributed by atoms with van der Waals surface area (Å²) >= 11 is 0. The number of piperazine rings is 1. The smallest absolute Gasteiger partial charge is 0.0169 e. The predicted octanol–water partition coefficient (Wildman–Crippen LogP) is 2.38. The van der Waals surface area contributed by atoms with Gasteiger partial charge in [0.2, 0.25) is 0 Å². The summed E-state index contributed by atoms with van der Waals surface area (Å²) in [6, 6.07) is 11.7. The average molecular weight is 230 g/mol. The number of nitrogens with zero attached hydrogens (tertiary/aromatic N) is 1. The molecule has 2 rings (SSSR count). The van der Waals surface area contributed by atoms with E-state index in [1.807, 2.05) is 0 Å². The van der Waals surface area contributed by atoms with Crippen LogP contribution in [0.1, 0.15) is 19.4 Å². The average Bonchev–Trinajstić information content (AvgIpc) is 2.29. The van der Waals surface area contributed by atoms with E-state index in [4.69, 9.17) is 0 Å². The Morgan fingerprint density at radius 1 is 1.18 bits per heavy atom. The highest BCUT2D eigenvalue weighted by atomic mass is 15.2. The van der Waals surface area contributed by atoms with Crippen molar-refractivity contribution in [1.82, 2.24) is 10.2 Å². The Balaban J connectivity index is 1.83. The van der Waals surface area contributed by atoms with Crippen LogP contribution in [0.3, 0.4) is 0 Å².